The molecule has 4 nitrogen and oxygen atoms in total. The van der Waals surface area contributed by atoms with Crippen LogP contribution in [0, 0.1) is 0 Å². The predicted octanol–water partition coefficient (Wildman–Crippen LogP) is 2.03. The van der Waals surface area contributed by atoms with E-state index in [2.05, 4.69) is 27.1 Å². The lowest BCUT2D eigenvalue weighted by Gasteiger charge is -2.23. The standard InChI is InChI=1S/C11H17ClN4/c1-2-16-7-3-4-9(16)8-15-11-10(12)13-5-6-14-11/h5-6,9H,2-4,7-8H2,1H3,(H,14,15)/t9-/m1/s1. The van der Waals surface area contributed by atoms with Gasteiger partial charge in [0.1, 0.15) is 0 Å². The molecule has 2 heterocycles. The quantitative estimate of drug-likeness (QED) is 0.875. The molecule has 1 atom stereocenters. The van der Waals surface area contributed by atoms with Crippen LogP contribution in [0.15, 0.2) is 12.4 Å². The first-order valence-corrected chi connectivity index (χ1v) is 6.13. The highest BCUT2D eigenvalue weighted by atomic mass is 35.5. The Morgan fingerprint density at radius 2 is 2.31 bits per heavy atom. The third-order valence-electron chi connectivity index (χ3n) is 3.06. The number of halogens is 1. The van der Waals surface area contributed by atoms with Gasteiger partial charge in [-0.25, -0.2) is 9.97 Å². The van der Waals surface area contributed by atoms with Gasteiger partial charge in [0.2, 0.25) is 0 Å². The van der Waals surface area contributed by atoms with E-state index in [4.69, 9.17) is 11.6 Å². The van der Waals surface area contributed by atoms with Crippen LogP contribution in [0.3, 0.4) is 0 Å². The molecule has 5 heteroatoms. The van der Waals surface area contributed by atoms with Gasteiger partial charge in [-0.2, -0.15) is 0 Å². The smallest absolute Gasteiger partial charge is 0.171 e. The summed E-state index contributed by atoms with van der Waals surface area (Å²) >= 11 is 5.93. The molecule has 0 unspecified atom stereocenters. The highest BCUT2D eigenvalue weighted by molar-refractivity contribution is 6.31. The fraction of sp³-hybridized carbons (Fsp3) is 0.636. The second-order valence-electron chi connectivity index (χ2n) is 4.00. The molecule has 1 aliphatic rings. The first-order chi connectivity index (χ1) is 7.81. The van der Waals surface area contributed by atoms with E-state index in [9.17, 15) is 0 Å². The maximum atomic E-state index is 5.93. The van der Waals surface area contributed by atoms with E-state index in [1.807, 2.05) is 0 Å². The van der Waals surface area contributed by atoms with Gasteiger partial charge in [0, 0.05) is 25.0 Å². The van der Waals surface area contributed by atoms with Gasteiger partial charge in [0.05, 0.1) is 0 Å². The molecular formula is C11H17ClN4. The number of likely N-dealkylation sites (N-methyl/N-ethyl adjacent to an activating group) is 1. The molecule has 0 spiro atoms. The van der Waals surface area contributed by atoms with E-state index in [1.165, 1.54) is 19.4 Å². The van der Waals surface area contributed by atoms with Gasteiger partial charge in [-0.05, 0) is 25.9 Å². The second-order valence-corrected chi connectivity index (χ2v) is 4.36. The lowest BCUT2D eigenvalue weighted by atomic mass is 10.2. The van der Waals surface area contributed by atoms with Gasteiger partial charge in [-0.15, -0.1) is 0 Å². The fourth-order valence-electron chi connectivity index (χ4n) is 2.20. The maximum Gasteiger partial charge on any atom is 0.171 e. The summed E-state index contributed by atoms with van der Waals surface area (Å²) in [5.74, 6) is 0.687. The molecule has 1 aromatic rings. The fourth-order valence-corrected chi connectivity index (χ4v) is 2.37. The van der Waals surface area contributed by atoms with Crippen LogP contribution < -0.4 is 5.32 Å². The van der Waals surface area contributed by atoms with Gasteiger partial charge in [-0.3, -0.25) is 4.90 Å². The number of anilines is 1. The highest BCUT2D eigenvalue weighted by Gasteiger charge is 2.22. The van der Waals surface area contributed by atoms with Crippen LogP contribution in [0.25, 0.3) is 0 Å². The Kier molecular flexibility index (Phi) is 3.96. The van der Waals surface area contributed by atoms with Crippen molar-refractivity contribution in [3.8, 4) is 0 Å². The van der Waals surface area contributed by atoms with Gasteiger partial charge in [0.25, 0.3) is 0 Å². The van der Waals surface area contributed by atoms with E-state index in [0.717, 1.165) is 13.1 Å². The molecule has 0 aromatic carbocycles. The minimum Gasteiger partial charge on any atom is -0.366 e. The molecule has 1 aliphatic heterocycles. The van der Waals surface area contributed by atoms with Crippen molar-refractivity contribution in [3.05, 3.63) is 17.5 Å². The number of aromatic nitrogens is 2. The Labute approximate surface area is 101 Å². The van der Waals surface area contributed by atoms with E-state index in [1.54, 1.807) is 12.4 Å². The molecular weight excluding hydrogens is 224 g/mol. The third kappa shape index (κ3) is 2.62. The number of rotatable bonds is 4. The molecule has 1 N–H and O–H groups in total. The molecule has 1 fully saturated rings. The number of likely N-dealkylation sites (tertiary alicyclic amines) is 1. The molecule has 0 radical (unpaired) electrons. The Morgan fingerprint density at radius 3 is 3.06 bits per heavy atom. The Bertz CT molecular complexity index is 345. The van der Waals surface area contributed by atoms with Crippen molar-refractivity contribution < 1.29 is 0 Å². The zero-order valence-electron chi connectivity index (χ0n) is 9.49. The van der Waals surface area contributed by atoms with Crippen molar-refractivity contribution in [2.75, 3.05) is 25.0 Å². The van der Waals surface area contributed by atoms with Crippen molar-refractivity contribution in [3.63, 3.8) is 0 Å². The number of hydrogen-bond donors (Lipinski definition) is 1. The summed E-state index contributed by atoms with van der Waals surface area (Å²) in [4.78, 5) is 10.6. The summed E-state index contributed by atoms with van der Waals surface area (Å²) in [6.45, 7) is 5.41. The third-order valence-corrected chi connectivity index (χ3v) is 3.34. The first-order valence-electron chi connectivity index (χ1n) is 5.75. The predicted molar refractivity (Wildman–Crippen MR) is 65.8 cm³/mol. The zero-order chi connectivity index (χ0) is 11.4. The summed E-state index contributed by atoms with van der Waals surface area (Å²) in [6, 6.07) is 0.600. The SMILES string of the molecule is CCN1CCC[C@@H]1CNc1nccnc1Cl. The highest BCUT2D eigenvalue weighted by Crippen LogP contribution is 2.19. The largest absolute Gasteiger partial charge is 0.366 e. The molecule has 16 heavy (non-hydrogen) atoms. The summed E-state index contributed by atoms with van der Waals surface area (Å²) in [7, 11) is 0. The van der Waals surface area contributed by atoms with Crippen LogP contribution in [-0.2, 0) is 0 Å². The van der Waals surface area contributed by atoms with E-state index >= 15 is 0 Å². The van der Waals surface area contributed by atoms with Crippen molar-refractivity contribution in [1.29, 1.82) is 0 Å². The molecule has 1 saturated heterocycles. The second kappa shape index (κ2) is 5.46. The summed E-state index contributed by atoms with van der Waals surface area (Å²) in [5.41, 5.74) is 0. The monoisotopic (exact) mass is 240 g/mol. The van der Waals surface area contributed by atoms with Crippen molar-refractivity contribution in [1.82, 2.24) is 14.9 Å². The lowest BCUT2D eigenvalue weighted by molar-refractivity contribution is 0.277. The van der Waals surface area contributed by atoms with Crippen LogP contribution >= 0.6 is 11.6 Å². The lowest BCUT2D eigenvalue weighted by Crippen LogP contribution is -2.34. The molecule has 1 aromatic heterocycles. The molecule has 88 valence electrons. The number of hydrogen-bond acceptors (Lipinski definition) is 4. The van der Waals surface area contributed by atoms with Gasteiger partial charge in [0.15, 0.2) is 11.0 Å². The molecule has 0 aliphatic carbocycles. The zero-order valence-corrected chi connectivity index (χ0v) is 10.2. The minimum atomic E-state index is 0.448. The molecule has 0 amide bonds. The van der Waals surface area contributed by atoms with Crippen LogP contribution in [0.5, 0.6) is 0 Å². The Morgan fingerprint density at radius 1 is 1.50 bits per heavy atom. The maximum absolute atomic E-state index is 5.93. The average Bonchev–Trinajstić information content (AvgIpc) is 2.75. The van der Waals surface area contributed by atoms with Gasteiger partial charge >= 0.3 is 0 Å². The number of nitrogens with one attached hydrogen (secondary N) is 1. The van der Waals surface area contributed by atoms with Crippen molar-refractivity contribution >= 4 is 17.4 Å². The van der Waals surface area contributed by atoms with E-state index < -0.39 is 0 Å². The summed E-state index contributed by atoms with van der Waals surface area (Å²) < 4.78 is 0. The van der Waals surface area contributed by atoms with E-state index in [-0.39, 0.29) is 0 Å². The van der Waals surface area contributed by atoms with Crippen LogP contribution in [-0.4, -0.2) is 40.5 Å². The topological polar surface area (TPSA) is 41.0 Å². The molecule has 2 rings (SSSR count). The Hall–Kier alpha value is -0.870. The average molecular weight is 241 g/mol. The minimum absolute atomic E-state index is 0.448. The first kappa shape index (κ1) is 11.6. The molecule has 0 saturated carbocycles. The van der Waals surface area contributed by atoms with Gasteiger partial charge < -0.3 is 5.32 Å². The van der Waals surface area contributed by atoms with Crippen LogP contribution in [0.2, 0.25) is 5.15 Å². The normalized spacial score (nSPS) is 21.2. The van der Waals surface area contributed by atoms with Crippen LogP contribution in [0.1, 0.15) is 19.8 Å². The van der Waals surface area contributed by atoms with Crippen molar-refractivity contribution in [2.24, 2.45) is 0 Å². The molecule has 0 bridgehead atoms. The summed E-state index contributed by atoms with van der Waals surface area (Å²) in [6.07, 6.45) is 5.79. The van der Waals surface area contributed by atoms with Crippen molar-refractivity contribution in [2.45, 2.75) is 25.8 Å². The van der Waals surface area contributed by atoms with E-state index in [0.29, 0.717) is 17.0 Å². The summed E-state index contributed by atoms with van der Waals surface area (Å²) in [5, 5.41) is 3.72. The number of nitrogens with zero attached hydrogens (tertiary/aromatic N) is 3. The van der Waals surface area contributed by atoms with Gasteiger partial charge in [-0.1, -0.05) is 18.5 Å². The van der Waals surface area contributed by atoms with Crippen LogP contribution in [0.4, 0.5) is 5.82 Å². The Balaban J connectivity index is 1.90.